The smallest absolute Gasteiger partial charge is 0.261 e. The average molecular weight is 534 g/mol. The molecule has 39 heavy (non-hydrogen) atoms. The zero-order valence-electron chi connectivity index (χ0n) is 22.3. The van der Waals surface area contributed by atoms with Gasteiger partial charge < -0.3 is 19.1 Å². The molecular formula is C29H32FN5O4. The lowest BCUT2D eigenvalue weighted by Gasteiger charge is -2.26. The highest BCUT2D eigenvalue weighted by molar-refractivity contribution is 6.05. The molecule has 1 amide bonds. The number of methoxy groups -OCH3 is 1. The summed E-state index contributed by atoms with van der Waals surface area (Å²) >= 11 is 0. The largest absolute Gasteiger partial charge is 0.496 e. The van der Waals surface area contributed by atoms with Gasteiger partial charge in [0.15, 0.2) is 5.82 Å². The number of fused-ring (bicyclic) bond motifs is 1. The van der Waals surface area contributed by atoms with E-state index >= 15 is 4.39 Å². The second-order valence-electron chi connectivity index (χ2n) is 10.2. The second-order valence-corrected chi connectivity index (χ2v) is 10.2. The van der Waals surface area contributed by atoms with Crippen molar-refractivity contribution < 1.29 is 23.8 Å². The van der Waals surface area contributed by atoms with Crippen molar-refractivity contribution in [3.05, 3.63) is 71.7 Å². The number of nitrogens with zero attached hydrogens (tertiary/aromatic N) is 4. The number of amides is 1. The molecule has 2 aromatic carbocycles. The molecule has 0 radical (unpaired) electrons. The highest BCUT2D eigenvalue weighted by Gasteiger charge is 2.24. The number of hydrogen-bond acceptors (Lipinski definition) is 7. The summed E-state index contributed by atoms with van der Waals surface area (Å²) in [5.74, 6) is -0.777. The summed E-state index contributed by atoms with van der Waals surface area (Å²) in [5.41, 5.74) is 1.69. The fraction of sp³-hybridized carbons (Fsp3) is 0.345. The van der Waals surface area contributed by atoms with E-state index in [-0.39, 0.29) is 23.8 Å². The minimum absolute atomic E-state index is 0.0119. The number of aromatic nitrogens is 3. The maximum absolute atomic E-state index is 15.6. The summed E-state index contributed by atoms with van der Waals surface area (Å²) in [6.07, 6.45) is 1.39. The van der Waals surface area contributed by atoms with Crippen LogP contribution in [0.1, 0.15) is 29.8 Å². The van der Waals surface area contributed by atoms with Gasteiger partial charge in [0.25, 0.3) is 5.91 Å². The SMILES string of the molecule is COc1ccccc1-c1nccc(C(=O)Nc2nc3cc(CN4CCOCC4)ccc3n2CC(C)(C)O)c1F. The van der Waals surface area contributed by atoms with Crippen LogP contribution in [0.2, 0.25) is 0 Å². The van der Waals surface area contributed by atoms with Crippen LogP contribution in [0.3, 0.4) is 0 Å². The van der Waals surface area contributed by atoms with E-state index in [1.807, 2.05) is 18.2 Å². The van der Waals surface area contributed by atoms with Crippen molar-refractivity contribution in [3.63, 3.8) is 0 Å². The van der Waals surface area contributed by atoms with Gasteiger partial charge in [0.05, 0.1) is 49.1 Å². The summed E-state index contributed by atoms with van der Waals surface area (Å²) in [5, 5.41) is 13.4. The fourth-order valence-corrected chi connectivity index (χ4v) is 4.75. The number of ether oxygens (including phenoxy) is 2. The van der Waals surface area contributed by atoms with E-state index in [2.05, 4.69) is 20.2 Å². The first-order valence-electron chi connectivity index (χ1n) is 12.8. The summed E-state index contributed by atoms with van der Waals surface area (Å²) < 4.78 is 28.2. The van der Waals surface area contributed by atoms with Crippen LogP contribution >= 0.6 is 0 Å². The lowest BCUT2D eigenvalue weighted by molar-refractivity contribution is 0.0342. The van der Waals surface area contributed by atoms with Gasteiger partial charge in [0.1, 0.15) is 11.4 Å². The number of morpholine rings is 1. The number of pyridine rings is 1. The molecule has 9 nitrogen and oxygen atoms in total. The van der Waals surface area contributed by atoms with Crippen LogP contribution in [-0.4, -0.2) is 69.5 Å². The predicted molar refractivity (Wildman–Crippen MR) is 146 cm³/mol. The van der Waals surface area contributed by atoms with Crippen LogP contribution in [0, 0.1) is 5.82 Å². The summed E-state index contributed by atoms with van der Waals surface area (Å²) in [6, 6.07) is 14.2. The molecule has 1 saturated heterocycles. The summed E-state index contributed by atoms with van der Waals surface area (Å²) in [6.45, 7) is 7.44. The lowest BCUT2D eigenvalue weighted by atomic mass is 10.1. The maximum Gasteiger partial charge on any atom is 0.261 e. The molecule has 4 aromatic rings. The van der Waals surface area contributed by atoms with Gasteiger partial charge in [-0.2, -0.15) is 0 Å². The number of nitrogens with one attached hydrogen (secondary N) is 1. The second kappa shape index (κ2) is 11.1. The Morgan fingerprint density at radius 1 is 1.18 bits per heavy atom. The number of carbonyl (C=O) groups excluding carboxylic acids is 1. The van der Waals surface area contributed by atoms with Gasteiger partial charge in [-0.05, 0) is 49.7 Å². The van der Waals surface area contributed by atoms with Gasteiger partial charge in [-0.25, -0.2) is 9.37 Å². The zero-order valence-corrected chi connectivity index (χ0v) is 22.3. The third-order valence-corrected chi connectivity index (χ3v) is 6.59. The minimum Gasteiger partial charge on any atom is -0.496 e. The number of aliphatic hydroxyl groups is 1. The monoisotopic (exact) mass is 533 g/mol. The molecule has 0 spiro atoms. The van der Waals surface area contributed by atoms with Crippen LogP contribution in [0.4, 0.5) is 10.3 Å². The molecule has 10 heteroatoms. The number of hydrogen-bond donors (Lipinski definition) is 2. The number of benzene rings is 2. The Hall–Kier alpha value is -3.86. The van der Waals surface area contributed by atoms with Crippen molar-refractivity contribution in [2.45, 2.75) is 32.5 Å². The molecule has 2 N–H and O–H groups in total. The summed E-state index contributed by atoms with van der Waals surface area (Å²) in [7, 11) is 1.49. The molecule has 2 aromatic heterocycles. The predicted octanol–water partition coefficient (Wildman–Crippen LogP) is 4.10. The molecule has 1 fully saturated rings. The van der Waals surface area contributed by atoms with Crippen LogP contribution < -0.4 is 10.1 Å². The Balaban J connectivity index is 1.48. The van der Waals surface area contributed by atoms with Crippen LogP contribution in [0.15, 0.2) is 54.7 Å². The molecule has 0 atom stereocenters. The van der Waals surface area contributed by atoms with Crippen molar-refractivity contribution in [1.29, 1.82) is 0 Å². The maximum atomic E-state index is 15.6. The molecule has 204 valence electrons. The van der Waals surface area contributed by atoms with E-state index in [1.165, 1.54) is 19.4 Å². The highest BCUT2D eigenvalue weighted by Crippen LogP contribution is 2.31. The Labute approximate surface area is 226 Å². The van der Waals surface area contributed by atoms with Crippen molar-refractivity contribution in [2.75, 3.05) is 38.7 Å². The van der Waals surface area contributed by atoms with Gasteiger partial charge >= 0.3 is 0 Å². The van der Waals surface area contributed by atoms with Crippen LogP contribution in [0.5, 0.6) is 5.75 Å². The Bertz CT molecular complexity index is 1490. The quantitative estimate of drug-likeness (QED) is 0.352. The van der Waals surface area contributed by atoms with E-state index in [9.17, 15) is 9.90 Å². The average Bonchev–Trinajstić information content (AvgIpc) is 3.23. The number of carbonyl (C=O) groups is 1. The van der Waals surface area contributed by atoms with E-state index in [1.54, 1.807) is 42.7 Å². The van der Waals surface area contributed by atoms with Crippen molar-refractivity contribution >= 4 is 22.9 Å². The normalized spacial score (nSPS) is 14.5. The Morgan fingerprint density at radius 3 is 2.69 bits per heavy atom. The number of anilines is 1. The van der Waals surface area contributed by atoms with Gasteiger partial charge in [-0.15, -0.1) is 0 Å². The minimum atomic E-state index is -1.08. The van der Waals surface area contributed by atoms with Crippen molar-refractivity contribution in [2.24, 2.45) is 0 Å². The lowest BCUT2D eigenvalue weighted by Crippen LogP contribution is -2.35. The molecule has 5 rings (SSSR count). The van der Waals surface area contributed by atoms with Crippen LogP contribution in [0.25, 0.3) is 22.3 Å². The fourth-order valence-electron chi connectivity index (χ4n) is 4.75. The van der Waals surface area contributed by atoms with Gasteiger partial charge in [0, 0.05) is 31.4 Å². The van der Waals surface area contributed by atoms with Crippen LogP contribution in [-0.2, 0) is 17.8 Å². The molecule has 0 bridgehead atoms. The Morgan fingerprint density at radius 2 is 1.95 bits per heavy atom. The van der Waals surface area contributed by atoms with Gasteiger partial charge in [-0.3, -0.25) is 20.0 Å². The van der Waals surface area contributed by atoms with E-state index in [0.717, 1.165) is 30.7 Å². The third kappa shape index (κ3) is 5.93. The van der Waals surface area contributed by atoms with E-state index < -0.39 is 17.3 Å². The molecule has 3 heterocycles. The molecule has 0 saturated carbocycles. The number of imidazole rings is 1. The first kappa shape index (κ1) is 26.7. The third-order valence-electron chi connectivity index (χ3n) is 6.59. The summed E-state index contributed by atoms with van der Waals surface area (Å²) in [4.78, 5) is 24.5. The van der Waals surface area contributed by atoms with Crippen molar-refractivity contribution in [3.8, 4) is 17.0 Å². The topological polar surface area (TPSA) is 102 Å². The molecule has 0 unspecified atom stereocenters. The first-order valence-corrected chi connectivity index (χ1v) is 12.8. The number of halogens is 1. The molecule has 1 aliphatic heterocycles. The first-order chi connectivity index (χ1) is 18.7. The van der Waals surface area contributed by atoms with Gasteiger partial charge in [-0.1, -0.05) is 18.2 Å². The highest BCUT2D eigenvalue weighted by atomic mass is 19.1. The number of para-hydroxylation sites is 1. The molecular weight excluding hydrogens is 501 g/mol. The van der Waals surface area contributed by atoms with E-state index in [0.29, 0.717) is 30.0 Å². The molecule has 1 aliphatic rings. The standard InChI is InChI=1S/C29H32FN5O4/c1-29(2,37)18-35-23-9-8-19(17-34-12-14-39-15-13-34)16-22(23)32-28(35)33-27(36)21-10-11-31-26(25(21)30)20-6-4-5-7-24(20)38-3/h4-11,16,37H,12-15,17-18H2,1-3H3,(H,32,33,36). The van der Waals surface area contributed by atoms with E-state index in [4.69, 9.17) is 9.47 Å². The number of rotatable bonds is 8. The van der Waals surface area contributed by atoms with Crippen molar-refractivity contribution in [1.82, 2.24) is 19.4 Å². The Kier molecular flexibility index (Phi) is 7.60. The van der Waals surface area contributed by atoms with Gasteiger partial charge in [0.2, 0.25) is 5.95 Å². The molecule has 0 aliphatic carbocycles. The zero-order chi connectivity index (χ0) is 27.6.